The maximum absolute atomic E-state index is 5.37. The fourth-order valence-corrected chi connectivity index (χ4v) is 3.07. The fraction of sp³-hybridized carbons (Fsp3) is 0.789. The molecule has 2 heterocycles. The average Bonchev–Trinajstić information content (AvgIpc) is 3.13. The first-order valence-electron chi connectivity index (χ1n) is 9.97. The molecule has 0 amide bonds. The number of likely N-dealkylation sites (N-methyl/N-ethyl adjacent to an activating group) is 1. The Kier molecular flexibility index (Phi) is 8.38. The highest BCUT2D eigenvalue weighted by molar-refractivity contribution is 5.79. The number of hydrogen-bond donors (Lipinski definition) is 2. The van der Waals surface area contributed by atoms with E-state index in [4.69, 9.17) is 4.52 Å². The van der Waals surface area contributed by atoms with Gasteiger partial charge in [-0.2, -0.15) is 0 Å². The highest BCUT2D eigenvalue weighted by atomic mass is 16.5. The van der Waals surface area contributed by atoms with E-state index in [9.17, 15) is 0 Å². The number of nitrogens with one attached hydrogen (secondary N) is 2. The summed E-state index contributed by atoms with van der Waals surface area (Å²) in [6.45, 7) is 18.8. The molecule has 1 unspecified atom stereocenters. The van der Waals surface area contributed by atoms with Gasteiger partial charge in [-0.15, -0.1) is 0 Å². The minimum absolute atomic E-state index is 0.372. The van der Waals surface area contributed by atoms with E-state index in [1.165, 1.54) is 13.1 Å². The molecule has 2 rings (SSSR count). The molecule has 0 radical (unpaired) electrons. The molecule has 7 heteroatoms. The molecule has 26 heavy (non-hydrogen) atoms. The van der Waals surface area contributed by atoms with E-state index in [1.54, 1.807) is 0 Å². The number of aliphatic imine (C=N–C) groups is 1. The van der Waals surface area contributed by atoms with E-state index in [1.807, 2.05) is 6.07 Å². The zero-order valence-electron chi connectivity index (χ0n) is 17.1. The van der Waals surface area contributed by atoms with Crippen LogP contribution in [0.25, 0.3) is 0 Å². The Labute approximate surface area is 158 Å². The molecule has 0 aromatic carbocycles. The molecule has 0 spiro atoms. The third-order valence-corrected chi connectivity index (χ3v) is 4.95. The maximum atomic E-state index is 5.37. The quantitative estimate of drug-likeness (QED) is 0.542. The Morgan fingerprint density at radius 2 is 1.92 bits per heavy atom. The lowest BCUT2D eigenvalue weighted by molar-refractivity contribution is 0.107. The van der Waals surface area contributed by atoms with Gasteiger partial charge in [-0.05, 0) is 26.3 Å². The second-order valence-corrected chi connectivity index (χ2v) is 7.27. The largest absolute Gasteiger partial charge is 0.359 e. The van der Waals surface area contributed by atoms with Gasteiger partial charge in [0, 0.05) is 51.4 Å². The van der Waals surface area contributed by atoms with Gasteiger partial charge < -0.3 is 20.1 Å². The van der Waals surface area contributed by atoms with Crippen molar-refractivity contribution in [1.82, 2.24) is 25.6 Å². The third kappa shape index (κ3) is 6.29. The minimum atomic E-state index is 0.372. The Morgan fingerprint density at radius 1 is 1.19 bits per heavy atom. The first-order chi connectivity index (χ1) is 12.5. The zero-order chi connectivity index (χ0) is 18.9. The highest BCUT2D eigenvalue weighted by Crippen LogP contribution is 2.14. The Hall–Kier alpha value is -1.60. The fourth-order valence-electron chi connectivity index (χ4n) is 3.07. The van der Waals surface area contributed by atoms with Crippen LogP contribution in [0.5, 0.6) is 0 Å². The topological polar surface area (TPSA) is 68.9 Å². The van der Waals surface area contributed by atoms with Crippen LogP contribution < -0.4 is 10.6 Å². The smallest absolute Gasteiger partial charge is 0.191 e. The standard InChI is InChI=1S/C19H36N6O/c1-6-20-19(22-14-17-12-18(15(3)4)23-26-17)21-13-16(5)25-10-8-24(7-2)9-11-25/h12,15-16H,6-11,13-14H2,1-5H3,(H2,20,21,22). The Bertz CT molecular complexity index is 548. The van der Waals surface area contributed by atoms with Crippen molar-refractivity contribution in [2.24, 2.45) is 4.99 Å². The highest BCUT2D eigenvalue weighted by Gasteiger charge is 2.20. The molecule has 0 saturated carbocycles. The number of aromatic nitrogens is 1. The van der Waals surface area contributed by atoms with Crippen molar-refractivity contribution in [2.45, 2.75) is 53.1 Å². The van der Waals surface area contributed by atoms with Gasteiger partial charge >= 0.3 is 0 Å². The van der Waals surface area contributed by atoms with Crippen molar-refractivity contribution in [3.05, 3.63) is 17.5 Å². The Balaban J connectivity index is 1.82. The van der Waals surface area contributed by atoms with Crippen LogP contribution in [0.4, 0.5) is 0 Å². The monoisotopic (exact) mass is 364 g/mol. The number of guanidine groups is 1. The predicted octanol–water partition coefficient (Wildman–Crippen LogP) is 1.88. The molecule has 0 bridgehead atoms. The van der Waals surface area contributed by atoms with Gasteiger partial charge in [0.15, 0.2) is 11.7 Å². The normalized spacial score (nSPS) is 18.3. The van der Waals surface area contributed by atoms with Gasteiger partial charge in [-0.25, -0.2) is 4.99 Å². The summed E-state index contributed by atoms with van der Waals surface area (Å²) >= 11 is 0. The molecule has 1 aliphatic heterocycles. The van der Waals surface area contributed by atoms with E-state index in [0.717, 1.165) is 50.1 Å². The number of rotatable bonds is 8. The van der Waals surface area contributed by atoms with Crippen molar-refractivity contribution in [3.8, 4) is 0 Å². The molecule has 1 aliphatic rings. The molecule has 1 aromatic heterocycles. The first kappa shape index (κ1) is 20.7. The SMILES string of the molecule is CCNC(=NCc1cc(C(C)C)no1)NCC(C)N1CCN(CC)CC1. The van der Waals surface area contributed by atoms with Crippen molar-refractivity contribution < 1.29 is 4.52 Å². The molecule has 1 fully saturated rings. The van der Waals surface area contributed by atoms with E-state index in [2.05, 4.69) is 65.2 Å². The van der Waals surface area contributed by atoms with Crippen LogP contribution in [0.2, 0.25) is 0 Å². The summed E-state index contributed by atoms with van der Waals surface area (Å²) in [6, 6.07) is 2.48. The maximum Gasteiger partial charge on any atom is 0.191 e. The number of nitrogens with zero attached hydrogens (tertiary/aromatic N) is 4. The van der Waals surface area contributed by atoms with E-state index in [0.29, 0.717) is 18.5 Å². The number of hydrogen-bond acceptors (Lipinski definition) is 5. The molecule has 1 aromatic rings. The average molecular weight is 365 g/mol. The van der Waals surface area contributed by atoms with Crippen molar-refractivity contribution in [2.75, 3.05) is 45.8 Å². The van der Waals surface area contributed by atoms with Gasteiger partial charge in [0.1, 0.15) is 6.54 Å². The molecule has 7 nitrogen and oxygen atoms in total. The molecule has 0 aliphatic carbocycles. The van der Waals surface area contributed by atoms with E-state index < -0.39 is 0 Å². The molecule has 148 valence electrons. The Morgan fingerprint density at radius 3 is 2.50 bits per heavy atom. The first-order valence-corrected chi connectivity index (χ1v) is 9.97. The van der Waals surface area contributed by atoms with Gasteiger partial charge in [0.25, 0.3) is 0 Å². The molecule has 1 atom stereocenters. The van der Waals surface area contributed by atoms with Crippen LogP contribution in [-0.2, 0) is 6.54 Å². The molecular formula is C19H36N6O. The summed E-state index contributed by atoms with van der Waals surface area (Å²) in [7, 11) is 0. The summed E-state index contributed by atoms with van der Waals surface area (Å²) in [5.74, 6) is 2.00. The number of piperazine rings is 1. The van der Waals surface area contributed by atoms with Gasteiger partial charge in [-0.1, -0.05) is 25.9 Å². The van der Waals surface area contributed by atoms with Gasteiger partial charge in [0.05, 0.1) is 5.69 Å². The van der Waals surface area contributed by atoms with E-state index in [-0.39, 0.29) is 0 Å². The summed E-state index contributed by atoms with van der Waals surface area (Å²) < 4.78 is 5.37. The lowest BCUT2D eigenvalue weighted by Crippen LogP contribution is -2.53. The van der Waals surface area contributed by atoms with Crippen LogP contribution in [0.15, 0.2) is 15.6 Å². The minimum Gasteiger partial charge on any atom is -0.359 e. The van der Waals surface area contributed by atoms with Crippen LogP contribution >= 0.6 is 0 Å². The summed E-state index contributed by atoms with van der Waals surface area (Å²) in [5, 5.41) is 10.9. The predicted molar refractivity (Wildman–Crippen MR) is 107 cm³/mol. The van der Waals surface area contributed by atoms with Crippen LogP contribution in [0.3, 0.4) is 0 Å². The summed E-state index contributed by atoms with van der Waals surface area (Å²) in [5.41, 5.74) is 0.980. The van der Waals surface area contributed by atoms with Crippen LogP contribution in [0.1, 0.15) is 52.0 Å². The summed E-state index contributed by atoms with van der Waals surface area (Å²) in [6.07, 6.45) is 0. The van der Waals surface area contributed by atoms with Crippen molar-refractivity contribution in [3.63, 3.8) is 0 Å². The second-order valence-electron chi connectivity index (χ2n) is 7.27. The summed E-state index contributed by atoms with van der Waals surface area (Å²) in [4.78, 5) is 9.69. The third-order valence-electron chi connectivity index (χ3n) is 4.95. The van der Waals surface area contributed by atoms with Crippen LogP contribution in [0, 0.1) is 0 Å². The van der Waals surface area contributed by atoms with Crippen LogP contribution in [-0.4, -0.2) is 72.8 Å². The molecule has 2 N–H and O–H groups in total. The lowest BCUT2D eigenvalue weighted by atomic mass is 10.1. The molecule has 1 saturated heterocycles. The van der Waals surface area contributed by atoms with Crippen molar-refractivity contribution in [1.29, 1.82) is 0 Å². The van der Waals surface area contributed by atoms with Gasteiger partial charge in [-0.3, -0.25) is 4.90 Å². The van der Waals surface area contributed by atoms with E-state index >= 15 is 0 Å². The molecular weight excluding hydrogens is 328 g/mol. The van der Waals surface area contributed by atoms with Gasteiger partial charge in [0.2, 0.25) is 0 Å². The second kappa shape index (κ2) is 10.5. The zero-order valence-corrected chi connectivity index (χ0v) is 17.1. The van der Waals surface area contributed by atoms with Crippen molar-refractivity contribution >= 4 is 5.96 Å². The lowest BCUT2D eigenvalue weighted by Gasteiger charge is -2.37.